The molecule has 1 fully saturated rings. The van der Waals surface area contributed by atoms with E-state index in [0.29, 0.717) is 12.3 Å². The largest absolute Gasteiger partial charge is 0.468 e. The van der Waals surface area contributed by atoms with Crippen LogP contribution in [0.25, 0.3) is 0 Å². The SMILES string of the molecule is COC(=O)c1ccc(CN2CCCC2C(=O)OC)o1. The molecule has 0 amide bonds. The number of hydrogen-bond acceptors (Lipinski definition) is 6. The van der Waals surface area contributed by atoms with Gasteiger partial charge in [0.2, 0.25) is 5.76 Å². The number of nitrogens with zero attached hydrogens (tertiary/aromatic N) is 1. The molecule has 1 aliphatic heterocycles. The highest BCUT2D eigenvalue weighted by Crippen LogP contribution is 2.22. The topological polar surface area (TPSA) is 69.0 Å². The molecule has 104 valence electrons. The molecule has 1 atom stereocenters. The van der Waals surface area contributed by atoms with E-state index in [1.54, 1.807) is 12.1 Å². The summed E-state index contributed by atoms with van der Waals surface area (Å²) in [5.41, 5.74) is 0. The van der Waals surface area contributed by atoms with Gasteiger partial charge in [0.25, 0.3) is 0 Å². The fourth-order valence-corrected chi connectivity index (χ4v) is 2.29. The van der Waals surface area contributed by atoms with Gasteiger partial charge in [-0.15, -0.1) is 0 Å². The molecule has 1 aromatic rings. The van der Waals surface area contributed by atoms with Gasteiger partial charge < -0.3 is 13.9 Å². The Morgan fingerprint density at radius 1 is 1.37 bits per heavy atom. The first-order valence-corrected chi connectivity index (χ1v) is 6.14. The van der Waals surface area contributed by atoms with Crippen molar-refractivity contribution in [1.29, 1.82) is 0 Å². The molecular formula is C13H17NO5. The molecule has 0 aliphatic carbocycles. The van der Waals surface area contributed by atoms with E-state index in [4.69, 9.17) is 9.15 Å². The van der Waals surface area contributed by atoms with Crippen LogP contribution < -0.4 is 0 Å². The van der Waals surface area contributed by atoms with Crippen molar-refractivity contribution < 1.29 is 23.5 Å². The minimum atomic E-state index is -0.503. The van der Waals surface area contributed by atoms with Crippen molar-refractivity contribution in [2.75, 3.05) is 20.8 Å². The van der Waals surface area contributed by atoms with Gasteiger partial charge >= 0.3 is 11.9 Å². The van der Waals surface area contributed by atoms with E-state index in [1.807, 2.05) is 4.90 Å². The second kappa shape index (κ2) is 5.88. The van der Waals surface area contributed by atoms with Crippen molar-refractivity contribution in [3.8, 4) is 0 Å². The van der Waals surface area contributed by atoms with Gasteiger partial charge in [-0.2, -0.15) is 0 Å². The summed E-state index contributed by atoms with van der Waals surface area (Å²) >= 11 is 0. The summed E-state index contributed by atoms with van der Waals surface area (Å²) in [7, 11) is 2.69. The monoisotopic (exact) mass is 267 g/mol. The molecule has 0 bridgehead atoms. The number of carbonyl (C=O) groups is 2. The lowest BCUT2D eigenvalue weighted by atomic mass is 10.2. The number of furan rings is 1. The van der Waals surface area contributed by atoms with E-state index in [2.05, 4.69) is 4.74 Å². The molecule has 1 aliphatic rings. The van der Waals surface area contributed by atoms with Crippen LogP contribution in [0.5, 0.6) is 0 Å². The van der Waals surface area contributed by atoms with Crippen LogP contribution in [0.15, 0.2) is 16.5 Å². The molecule has 0 radical (unpaired) electrons. The van der Waals surface area contributed by atoms with E-state index in [9.17, 15) is 9.59 Å². The van der Waals surface area contributed by atoms with Gasteiger partial charge in [-0.1, -0.05) is 0 Å². The maximum absolute atomic E-state index is 11.6. The van der Waals surface area contributed by atoms with E-state index >= 15 is 0 Å². The molecule has 6 nitrogen and oxygen atoms in total. The molecule has 1 aromatic heterocycles. The van der Waals surface area contributed by atoms with Gasteiger partial charge in [0.15, 0.2) is 0 Å². The summed E-state index contributed by atoms with van der Waals surface area (Å²) < 4.78 is 14.7. The van der Waals surface area contributed by atoms with Gasteiger partial charge in [0, 0.05) is 0 Å². The lowest BCUT2D eigenvalue weighted by Gasteiger charge is -2.20. The Labute approximate surface area is 111 Å². The number of likely N-dealkylation sites (tertiary alicyclic amines) is 1. The average Bonchev–Trinajstić information content (AvgIpc) is 3.06. The van der Waals surface area contributed by atoms with E-state index in [-0.39, 0.29) is 17.8 Å². The Morgan fingerprint density at radius 3 is 2.84 bits per heavy atom. The maximum atomic E-state index is 11.6. The third kappa shape index (κ3) is 2.96. The second-order valence-electron chi connectivity index (χ2n) is 4.41. The fourth-order valence-electron chi connectivity index (χ4n) is 2.29. The van der Waals surface area contributed by atoms with Crippen LogP contribution in [-0.2, 0) is 20.8 Å². The molecule has 2 heterocycles. The molecule has 1 unspecified atom stereocenters. The highest BCUT2D eigenvalue weighted by atomic mass is 16.5. The second-order valence-corrected chi connectivity index (χ2v) is 4.41. The number of rotatable bonds is 4. The fraction of sp³-hybridized carbons (Fsp3) is 0.538. The molecule has 2 rings (SSSR count). The highest BCUT2D eigenvalue weighted by Gasteiger charge is 2.32. The first-order chi connectivity index (χ1) is 9.15. The Hall–Kier alpha value is -1.82. The molecule has 6 heteroatoms. The average molecular weight is 267 g/mol. The quantitative estimate of drug-likeness (QED) is 0.764. The molecule has 0 aromatic carbocycles. The molecule has 19 heavy (non-hydrogen) atoms. The van der Waals surface area contributed by atoms with Gasteiger partial charge in [0.1, 0.15) is 11.8 Å². The highest BCUT2D eigenvalue weighted by molar-refractivity contribution is 5.86. The van der Waals surface area contributed by atoms with Gasteiger partial charge in [-0.25, -0.2) is 4.79 Å². The van der Waals surface area contributed by atoms with Crippen LogP contribution in [0.3, 0.4) is 0 Å². The number of carbonyl (C=O) groups excluding carboxylic acids is 2. The van der Waals surface area contributed by atoms with E-state index in [1.165, 1.54) is 14.2 Å². The summed E-state index contributed by atoms with van der Waals surface area (Å²) in [6.45, 7) is 1.30. The van der Waals surface area contributed by atoms with E-state index in [0.717, 1.165) is 19.4 Å². The van der Waals surface area contributed by atoms with Crippen LogP contribution >= 0.6 is 0 Å². The van der Waals surface area contributed by atoms with Crippen molar-refractivity contribution in [3.63, 3.8) is 0 Å². The predicted molar refractivity (Wildman–Crippen MR) is 65.5 cm³/mol. The zero-order valence-corrected chi connectivity index (χ0v) is 11.0. The third-order valence-electron chi connectivity index (χ3n) is 3.24. The number of hydrogen-bond donors (Lipinski definition) is 0. The van der Waals surface area contributed by atoms with Crippen molar-refractivity contribution in [2.45, 2.75) is 25.4 Å². The van der Waals surface area contributed by atoms with E-state index < -0.39 is 5.97 Å². The zero-order chi connectivity index (χ0) is 13.8. The summed E-state index contributed by atoms with van der Waals surface area (Å²) in [5, 5.41) is 0. The van der Waals surface area contributed by atoms with Crippen LogP contribution in [0.2, 0.25) is 0 Å². The van der Waals surface area contributed by atoms with Gasteiger partial charge in [-0.3, -0.25) is 9.69 Å². The Bertz CT molecular complexity index is 467. The first kappa shape index (κ1) is 13.6. The standard InChI is InChI=1S/C13H17NO5/c1-17-12(15)10-4-3-7-14(10)8-9-5-6-11(19-9)13(16)18-2/h5-6,10H,3-4,7-8H2,1-2H3. The number of ether oxygens (including phenoxy) is 2. The third-order valence-corrected chi connectivity index (χ3v) is 3.24. The van der Waals surface area contributed by atoms with Crippen molar-refractivity contribution in [2.24, 2.45) is 0 Å². The summed E-state index contributed by atoms with van der Waals surface area (Å²) in [5.74, 6) is 0.0805. The normalized spacial score (nSPS) is 19.4. The molecule has 0 saturated carbocycles. The molecule has 0 N–H and O–H groups in total. The van der Waals surface area contributed by atoms with Crippen molar-refractivity contribution in [3.05, 3.63) is 23.7 Å². The molecular weight excluding hydrogens is 250 g/mol. The lowest BCUT2D eigenvalue weighted by molar-refractivity contribution is -0.146. The predicted octanol–water partition coefficient (Wildman–Crippen LogP) is 1.20. The van der Waals surface area contributed by atoms with Gasteiger partial charge in [-0.05, 0) is 31.5 Å². The smallest absolute Gasteiger partial charge is 0.373 e. The number of methoxy groups -OCH3 is 2. The van der Waals surface area contributed by atoms with Crippen molar-refractivity contribution in [1.82, 2.24) is 4.90 Å². The molecule has 1 saturated heterocycles. The Balaban J connectivity index is 2.02. The maximum Gasteiger partial charge on any atom is 0.373 e. The summed E-state index contributed by atoms with van der Waals surface area (Å²) in [6.07, 6.45) is 1.74. The summed E-state index contributed by atoms with van der Waals surface area (Å²) in [6, 6.07) is 3.07. The van der Waals surface area contributed by atoms with Crippen molar-refractivity contribution >= 4 is 11.9 Å². The van der Waals surface area contributed by atoms with Crippen LogP contribution in [-0.4, -0.2) is 43.6 Å². The minimum Gasteiger partial charge on any atom is -0.468 e. The lowest BCUT2D eigenvalue weighted by Crippen LogP contribution is -2.36. The molecule has 0 spiro atoms. The Morgan fingerprint density at radius 2 is 2.16 bits per heavy atom. The Kier molecular flexibility index (Phi) is 4.21. The van der Waals surface area contributed by atoms with Crippen LogP contribution in [0.4, 0.5) is 0 Å². The number of esters is 2. The van der Waals surface area contributed by atoms with Crippen LogP contribution in [0.1, 0.15) is 29.2 Å². The van der Waals surface area contributed by atoms with Gasteiger partial charge in [0.05, 0.1) is 20.8 Å². The first-order valence-electron chi connectivity index (χ1n) is 6.14. The summed E-state index contributed by atoms with van der Waals surface area (Å²) in [4.78, 5) is 24.9. The minimum absolute atomic E-state index is 0.173. The zero-order valence-electron chi connectivity index (χ0n) is 11.0. The van der Waals surface area contributed by atoms with Crippen LogP contribution in [0, 0.1) is 0 Å².